The normalized spacial score (nSPS) is 19.0. The van der Waals surface area contributed by atoms with Gasteiger partial charge in [0.15, 0.2) is 0 Å². The van der Waals surface area contributed by atoms with Gasteiger partial charge in [0, 0.05) is 0 Å². The fraction of sp³-hybridized carbons (Fsp3) is 0.667. The minimum Gasteiger partial charge on any atom is -0.445 e. The smallest absolute Gasteiger partial charge is 0.445 e. The minimum atomic E-state index is -4.75. The third kappa shape index (κ3) is 3.51. The number of rotatable bonds is 1. The average Bonchev–Trinajstić information content (AvgIpc) is 1.86. The second kappa shape index (κ2) is 5.17. The molecule has 12 heavy (non-hydrogen) atoms. The van der Waals surface area contributed by atoms with Crippen LogP contribution in [0.25, 0.3) is 0 Å². The zero-order valence-corrected chi connectivity index (χ0v) is 10.5. The minimum absolute atomic E-state index is 0. The molecule has 1 rings (SSSR count). The third-order valence-electron chi connectivity index (χ3n) is 1.94. The second-order valence-electron chi connectivity index (χ2n) is 2.81. The zero-order valence-electron chi connectivity index (χ0n) is 7.33. The van der Waals surface area contributed by atoms with Crippen molar-refractivity contribution in [3.63, 3.8) is 0 Å². The molecule has 0 saturated heterocycles. The van der Waals surface area contributed by atoms with Crippen molar-refractivity contribution in [1.29, 1.82) is 0 Å². The fourth-order valence-electron chi connectivity index (χ4n) is 1.21. The van der Waals surface area contributed by atoms with Crippen molar-refractivity contribution in [3.8, 4) is 0 Å². The zero-order chi connectivity index (χ0) is 8.48. The van der Waals surface area contributed by atoms with E-state index in [1.165, 1.54) is 0 Å². The maximum atomic E-state index is 12.2. The van der Waals surface area contributed by atoms with Gasteiger partial charge < -0.3 is 18.3 Å². The first-order chi connectivity index (χ1) is 5.02. The summed E-state index contributed by atoms with van der Waals surface area (Å²) in [7, 11) is 0. The van der Waals surface area contributed by atoms with Crippen LogP contribution in [-0.4, -0.2) is 20.1 Å². The van der Waals surface area contributed by atoms with Gasteiger partial charge >= 0.3 is 58.4 Å². The molecule has 0 aromatic carbocycles. The molecule has 1 aliphatic heterocycles. The number of hydrogen-bond donors (Lipinski definition) is 1. The Morgan fingerprint density at radius 3 is 2.25 bits per heavy atom. The van der Waals surface area contributed by atoms with Crippen molar-refractivity contribution in [3.05, 3.63) is 11.0 Å². The predicted octanol–water partition coefficient (Wildman–Crippen LogP) is -1.31. The van der Waals surface area contributed by atoms with Gasteiger partial charge in [0.2, 0.25) is 0 Å². The molecule has 0 bridgehead atoms. The molecule has 0 aromatic rings. The molecule has 6 heteroatoms. The Morgan fingerprint density at radius 2 is 1.92 bits per heavy atom. The van der Waals surface area contributed by atoms with Gasteiger partial charge in [-0.25, -0.2) is 0 Å². The largest absolute Gasteiger partial charge is 1.00 e. The molecule has 0 spiro atoms. The summed E-state index contributed by atoms with van der Waals surface area (Å²) in [5.41, 5.74) is 0.160. The molecule has 1 N–H and O–H groups in total. The topological polar surface area (TPSA) is 12.0 Å². The maximum absolute atomic E-state index is 12.2. The van der Waals surface area contributed by atoms with E-state index in [9.17, 15) is 12.9 Å². The Balaban J connectivity index is 0.00000121. The Hall–Kier alpha value is 1.19. The molecule has 64 valence electrons. The van der Waals surface area contributed by atoms with E-state index in [4.69, 9.17) is 0 Å². The molecule has 1 aliphatic rings. The Morgan fingerprint density at radius 1 is 1.33 bits per heavy atom. The van der Waals surface area contributed by atoms with Crippen LogP contribution in [0.4, 0.5) is 12.9 Å². The molecule has 0 unspecified atom stereocenters. The van der Waals surface area contributed by atoms with Crippen LogP contribution in [0, 0.1) is 0 Å². The summed E-state index contributed by atoms with van der Waals surface area (Å²) in [6, 6.07) is 0. The van der Waals surface area contributed by atoms with Crippen molar-refractivity contribution in [2.75, 3.05) is 13.1 Å². The van der Waals surface area contributed by atoms with Crippen molar-refractivity contribution >= 4 is 6.98 Å². The van der Waals surface area contributed by atoms with Gasteiger partial charge in [0.05, 0.1) is 0 Å². The quantitative estimate of drug-likeness (QED) is 0.521. The summed E-state index contributed by atoms with van der Waals surface area (Å²) in [4.78, 5) is 0. The molecule has 0 atom stereocenters. The second-order valence-corrected chi connectivity index (χ2v) is 2.81. The van der Waals surface area contributed by atoms with E-state index in [-0.39, 0.29) is 63.4 Å². The number of halogens is 3. The van der Waals surface area contributed by atoms with E-state index in [0.717, 1.165) is 0 Å². The number of nitrogens with one attached hydrogen (secondary N) is 1. The molecule has 0 amide bonds. The van der Waals surface area contributed by atoms with E-state index in [0.29, 0.717) is 18.5 Å². The van der Waals surface area contributed by atoms with Gasteiger partial charge in [-0.05, 0) is 26.4 Å². The summed E-state index contributed by atoms with van der Waals surface area (Å²) in [6.45, 7) is -2.53. The summed E-state index contributed by atoms with van der Waals surface area (Å²) >= 11 is 0. The van der Waals surface area contributed by atoms with Gasteiger partial charge in [-0.1, -0.05) is 0 Å². The van der Waals surface area contributed by atoms with E-state index in [1.54, 1.807) is 6.92 Å². The Bertz CT molecular complexity index is 190. The molecule has 1 heterocycles. The van der Waals surface area contributed by atoms with Crippen LogP contribution in [0.15, 0.2) is 11.0 Å². The average molecular weight is 203 g/mol. The van der Waals surface area contributed by atoms with Gasteiger partial charge in [0.25, 0.3) is 0 Å². The molecular weight excluding hydrogens is 193 g/mol. The van der Waals surface area contributed by atoms with Gasteiger partial charge in [-0.15, -0.1) is 11.0 Å². The molecule has 0 saturated carbocycles. The third-order valence-corrected chi connectivity index (χ3v) is 1.94. The van der Waals surface area contributed by atoms with Crippen molar-refractivity contribution in [2.45, 2.75) is 13.3 Å². The van der Waals surface area contributed by atoms with Crippen LogP contribution < -0.4 is 56.7 Å². The summed E-state index contributed by atoms with van der Waals surface area (Å²) < 4.78 is 36.5. The molecular formula is C6H10BF3KN. The van der Waals surface area contributed by atoms with Crippen LogP contribution >= 0.6 is 0 Å². The van der Waals surface area contributed by atoms with Gasteiger partial charge in [-0.2, -0.15) is 0 Å². The van der Waals surface area contributed by atoms with Crippen LogP contribution in [0.1, 0.15) is 13.3 Å². The van der Waals surface area contributed by atoms with E-state index >= 15 is 0 Å². The molecule has 0 radical (unpaired) electrons. The molecule has 0 aliphatic carbocycles. The van der Waals surface area contributed by atoms with Crippen LogP contribution in [0.5, 0.6) is 0 Å². The molecule has 0 fully saturated rings. The first-order valence-corrected chi connectivity index (χ1v) is 3.61. The van der Waals surface area contributed by atoms with E-state index < -0.39 is 6.98 Å². The monoisotopic (exact) mass is 203 g/mol. The maximum Gasteiger partial charge on any atom is 1.00 e. The van der Waals surface area contributed by atoms with Gasteiger partial charge in [-0.3, -0.25) is 0 Å². The van der Waals surface area contributed by atoms with Crippen LogP contribution in [-0.2, 0) is 0 Å². The summed E-state index contributed by atoms with van der Waals surface area (Å²) in [5, 5.41) is 2.71. The van der Waals surface area contributed by atoms with E-state index in [2.05, 4.69) is 5.32 Å². The Kier molecular flexibility index (Phi) is 5.68. The number of hydrogen-bond acceptors (Lipinski definition) is 1. The standard InChI is InChI=1S/C6H10BF3N.K/c1-5-2-3-11-4-6(5)7(8,9)10;/h11H,2-4H2,1H3;/q-1;+1. The van der Waals surface area contributed by atoms with Crippen LogP contribution in [0.2, 0.25) is 0 Å². The SMILES string of the molecule is CC1=C([B-](F)(F)F)CNCC1.[K+]. The fourth-order valence-corrected chi connectivity index (χ4v) is 1.21. The van der Waals surface area contributed by atoms with E-state index in [1.807, 2.05) is 0 Å². The molecule has 1 nitrogen and oxygen atoms in total. The first kappa shape index (κ1) is 13.2. The van der Waals surface area contributed by atoms with Crippen molar-refractivity contribution in [1.82, 2.24) is 5.32 Å². The van der Waals surface area contributed by atoms with Crippen molar-refractivity contribution < 1.29 is 64.3 Å². The van der Waals surface area contributed by atoms with Gasteiger partial charge in [0.1, 0.15) is 0 Å². The Labute approximate surface area is 113 Å². The summed E-state index contributed by atoms with van der Waals surface area (Å²) in [6.07, 6.45) is 0.524. The summed E-state index contributed by atoms with van der Waals surface area (Å²) in [5.74, 6) is 0. The predicted molar refractivity (Wildman–Crippen MR) is 39.3 cm³/mol. The first-order valence-electron chi connectivity index (χ1n) is 3.61. The van der Waals surface area contributed by atoms with Crippen molar-refractivity contribution in [2.24, 2.45) is 0 Å². The van der Waals surface area contributed by atoms with Crippen LogP contribution in [0.3, 0.4) is 0 Å². The molecule has 0 aromatic heterocycles.